The fourth-order valence-corrected chi connectivity index (χ4v) is 6.42. The zero-order chi connectivity index (χ0) is 34.7. The van der Waals surface area contributed by atoms with Crippen LogP contribution in [0.5, 0.6) is 17.4 Å². The molecule has 5 aromatic rings. The van der Waals surface area contributed by atoms with Crippen LogP contribution in [0, 0.1) is 0 Å². The molecule has 1 atom stereocenters. The third kappa shape index (κ3) is 6.91. The van der Waals surface area contributed by atoms with Crippen LogP contribution in [-0.4, -0.2) is 82.2 Å². The van der Waals surface area contributed by atoms with Gasteiger partial charge in [0.05, 0.1) is 67.7 Å². The van der Waals surface area contributed by atoms with Gasteiger partial charge in [0.2, 0.25) is 5.88 Å². The van der Waals surface area contributed by atoms with Crippen LogP contribution in [0.4, 0.5) is 0 Å². The quantitative estimate of drug-likeness (QED) is 0.111. The van der Waals surface area contributed by atoms with Crippen molar-refractivity contribution in [3.05, 3.63) is 83.0 Å². The molecule has 6 rings (SSSR count). The van der Waals surface area contributed by atoms with Gasteiger partial charge >= 0.3 is 5.97 Å². The number of fused-ring (bicyclic) bond motifs is 1. The zero-order valence-corrected chi connectivity index (χ0v) is 28.1. The summed E-state index contributed by atoms with van der Waals surface area (Å²) in [5, 5.41) is 40.7. The van der Waals surface area contributed by atoms with E-state index in [-0.39, 0.29) is 18.7 Å². The highest BCUT2D eigenvalue weighted by Crippen LogP contribution is 2.40. The topological polar surface area (TPSA) is 160 Å². The molecule has 0 radical (unpaired) electrons. The minimum Gasteiger partial charge on any atom is -0.496 e. The van der Waals surface area contributed by atoms with Crippen molar-refractivity contribution in [1.29, 1.82) is 0 Å². The van der Waals surface area contributed by atoms with Gasteiger partial charge in [-0.2, -0.15) is 5.10 Å². The molecule has 1 aliphatic carbocycles. The second kappa shape index (κ2) is 14.8. The molecular formula is C36H38ClN5O7. The van der Waals surface area contributed by atoms with Gasteiger partial charge in [0.15, 0.2) is 0 Å². The van der Waals surface area contributed by atoms with Crippen LogP contribution in [-0.2, 0) is 17.9 Å². The maximum Gasteiger partial charge on any atom is 0.323 e. The summed E-state index contributed by atoms with van der Waals surface area (Å²) < 4.78 is 18.8. The lowest BCUT2D eigenvalue weighted by atomic mass is 9.89. The number of aliphatic hydroxyl groups is 2. The summed E-state index contributed by atoms with van der Waals surface area (Å²) in [4.78, 5) is 16.2. The van der Waals surface area contributed by atoms with Crippen molar-refractivity contribution < 1.29 is 34.3 Å². The van der Waals surface area contributed by atoms with Crippen LogP contribution in [0.1, 0.15) is 24.0 Å². The highest BCUT2D eigenvalue weighted by Gasteiger charge is 2.27. The van der Waals surface area contributed by atoms with Gasteiger partial charge in [-0.3, -0.25) is 10.1 Å². The van der Waals surface area contributed by atoms with E-state index in [1.165, 1.54) is 14.2 Å². The molecule has 2 heterocycles. The van der Waals surface area contributed by atoms with Crippen LogP contribution in [0.2, 0.25) is 5.02 Å². The zero-order valence-electron chi connectivity index (χ0n) is 27.3. The number of aliphatic hydroxyl groups excluding tert-OH is 2. The van der Waals surface area contributed by atoms with Crippen molar-refractivity contribution in [1.82, 2.24) is 25.4 Å². The Morgan fingerprint density at radius 3 is 2.33 bits per heavy atom. The second-order valence-corrected chi connectivity index (χ2v) is 12.2. The van der Waals surface area contributed by atoms with Crippen molar-refractivity contribution in [2.24, 2.45) is 0 Å². The van der Waals surface area contributed by atoms with Gasteiger partial charge in [-0.25, -0.2) is 9.67 Å². The molecule has 13 heteroatoms. The molecular weight excluding hydrogens is 650 g/mol. The summed E-state index contributed by atoms with van der Waals surface area (Å²) >= 11 is 7.12. The lowest BCUT2D eigenvalue weighted by molar-refractivity contribution is -0.140. The number of hydrogen-bond acceptors (Lipinski definition) is 10. The predicted octanol–water partition coefficient (Wildman–Crippen LogP) is 4.58. The molecule has 0 saturated heterocycles. The van der Waals surface area contributed by atoms with Crippen molar-refractivity contribution in [2.45, 2.75) is 44.1 Å². The Balaban J connectivity index is 1.32. The van der Waals surface area contributed by atoms with Gasteiger partial charge in [0.1, 0.15) is 17.5 Å². The molecule has 1 saturated carbocycles. The first-order valence-corrected chi connectivity index (χ1v) is 16.2. The number of nitrogens with zero attached hydrogens (tertiary/aromatic N) is 3. The van der Waals surface area contributed by atoms with E-state index < -0.39 is 18.6 Å². The minimum absolute atomic E-state index is 0.0921. The van der Waals surface area contributed by atoms with Crippen LogP contribution in [0.15, 0.2) is 66.9 Å². The van der Waals surface area contributed by atoms with E-state index in [1.54, 1.807) is 30.1 Å². The van der Waals surface area contributed by atoms with Gasteiger partial charge in [0, 0.05) is 53.3 Å². The molecule has 5 N–H and O–H groups in total. The largest absolute Gasteiger partial charge is 0.496 e. The number of aromatic nitrogens is 3. The summed E-state index contributed by atoms with van der Waals surface area (Å²) in [5.74, 6) is 0.278. The predicted molar refractivity (Wildman–Crippen MR) is 186 cm³/mol. The number of benzene rings is 3. The summed E-state index contributed by atoms with van der Waals surface area (Å²) in [6, 6.07) is 18.4. The molecule has 49 heavy (non-hydrogen) atoms. The number of halogens is 1. The molecule has 0 unspecified atom stereocenters. The number of pyridine rings is 1. The summed E-state index contributed by atoms with van der Waals surface area (Å²) in [6.07, 6.45) is 3.05. The third-order valence-corrected chi connectivity index (χ3v) is 9.26. The molecule has 1 fully saturated rings. The average Bonchev–Trinajstić information content (AvgIpc) is 3.54. The monoisotopic (exact) mass is 687 g/mol. The molecule has 1 aliphatic rings. The molecule has 3 aromatic carbocycles. The Bertz CT molecular complexity index is 1950. The van der Waals surface area contributed by atoms with Gasteiger partial charge in [-0.05, 0) is 30.5 Å². The fourth-order valence-electron chi connectivity index (χ4n) is 6.09. The van der Waals surface area contributed by atoms with Crippen molar-refractivity contribution in [3.8, 4) is 45.5 Å². The number of carboxylic acids is 1. The first-order chi connectivity index (χ1) is 23.8. The van der Waals surface area contributed by atoms with Gasteiger partial charge < -0.3 is 34.8 Å². The van der Waals surface area contributed by atoms with E-state index >= 15 is 0 Å². The van der Waals surface area contributed by atoms with Gasteiger partial charge in [-0.1, -0.05) is 48.0 Å². The molecule has 0 spiro atoms. The molecule has 12 nitrogen and oxygen atoms in total. The lowest BCUT2D eigenvalue weighted by Crippen LogP contribution is -2.43. The molecule has 256 valence electrons. The number of carboxylic acid groups (broad SMARTS) is 1. The van der Waals surface area contributed by atoms with E-state index in [0.29, 0.717) is 45.9 Å². The fraction of sp³-hybridized carbons (Fsp3) is 0.306. The van der Waals surface area contributed by atoms with Crippen molar-refractivity contribution in [2.75, 3.05) is 27.9 Å². The van der Waals surface area contributed by atoms with Crippen LogP contribution in [0.3, 0.4) is 0 Å². The van der Waals surface area contributed by atoms with E-state index in [2.05, 4.69) is 10.6 Å². The summed E-state index contributed by atoms with van der Waals surface area (Å²) in [5.41, 5.74) is 6.13. The maximum atomic E-state index is 11.4. The molecule has 2 aromatic heterocycles. The summed E-state index contributed by atoms with van der Waals surface area (Å²) in [7, 11) is 4.64. The van der Waals surface area contributed by atoms with Crippen molar-refractivity contribution in [3.63, 3.8) is 0 Å². The number of carbonyl (C=O) groups is 1. The number of aliphatic carboxylic acids is 1. The Morgan fingerprint density at radius 2 is 1.67 bits per heavy atom. The SMILES string of the molecule is COc1cc(-n2ncc3c(-c4cccc(-c5ccc(CNC6CC(O)C6)c(OC)n5)c4Cl)cccc32)cc(OC)c1CN[C@H](CO)C(=O)O. The highest BCUT2D eigenvalue weighted by atomic mass is 35.5. The van der Waals surface area contributed by atoms with E-state index in [0.717, 1.165) is 46.0 Å². The summed E-state index contributed by atoms with van der Waals surface area (Å²) in [6.45, 7) is 0.114. The Morgan fingerprint density at radius 1 is 0.980 bits per heavy atom. The molecule has 0 aliphatic heterocycles. The van der Waals surface area contributed by atoms with Crippen LogP contribution < -0.4 is 24.8 Å². The normalized spacial score (nSPS) is 16.3. The second-order valence-electron chi connectivity index (χ2n) is 11.8. The third-order valence-electron chi connectivity index (χ3n) is 8.85. The molecule has 0 bridgehead atoms. The maximum absolute atomic E-state index is 11.4. The number of ether oxygens (including phenoxy) is 3. The van der Waals surface area contributed by atoms with Crippen molar-refractivity contribution >= 4 is 28.5 Å². The standard InChI is InChI=1S/C36H38ClN5O7/c1-47-32-14-22(15-33(48-2)28(32)17-39-30(19-43)36(45)46)42-31-9-5-6-24(27(31)18-40-42)25-7-4-8-26(34(25)37)29-11-10-20(35(41-29)49-3)16-38-21-12-23(44)13-21/h4-11,14-15,18,21,23,30,38-39,43-44H,12-13,16-17,19H2,1-3H3,(H,45,46)/t21?,23?,30-/m1/s1. The Hall–Kier alpha value is -4.72. The Kier molecular flexibility index (Phi) is 10.3. The average molecular weight is 688 g/mol. The van der Waals surface area contributed by atoms with Gasteiger partial charge in [0.25, 0.3) is 0 Å². The van der Waals surface area contributed by atoms with E-state index in [9.17, 15) is 20.1 Å². The number of rotatable bonds is 14. The Labute approximate surface area is 288 Å². The lowest BCUT2D eigenvalue weighted by Gasteiger charge is -2.32. The minimum atomic E-state index is -1.16. The first kappa shape index (κ1) is 34.2. The number of hydrogen-bond donors (Lipinski definition) is 5. The smallest absolute Gasteiger partial charge is 0.323 e. The van der Waals surface area contributed by atoms with Crippen LogP contribution >= 0.6 is 11.6 Å². The number of nitrogens with one attached hydrogen (secondary N) is 2. The highest BCUT2D eigenvalue weighted by molar-refractivity contribution is 6.36. The van der Waals surface area contributed by atoms with Gasteiger partial charge in [-0.15, -0.1) is 0 Å². The van der Waals surface area contributed by atoms with E-state index in [1.807, 2.05) is 48.5 Å². The van der Waals surface area contributed by atoms with Crippen LogP contribution in [0.25, 0.3) is 39.0 Å². The first-order valence-electron chi connectivity index (χ1n) is 15.8. The molecule has 0 amide bonds. The van der Waals surface area contributed by atoms with E-state index in [4.69, 9.17) is 35.9 Å². The number of methoxy groups -OCH3 is 3.